The van der Waals surface area contributed by atoms with Crippen LogP contribution in [0.25, 0.3) is 0 Å². The maximum Gasteiger partial charge on any atom is 0.119 e. The van der Waals surface area contributed by atoms with Gasteiger partial charge in [-0.15, -0.1) is 0 Å². The number of aryl methyl sites for hydroxylation is 1. The van der Waals surface area contributed by atoms with Gasteiger partial charge >= 0.3 is 0 Å². The molecule has 1 fully saturated rings. The van der Waals surface area contributed by atoms with E-state index in [4.69, 9.17) is 10.5 Å². The van der Waals surface area contributed by atoms with Crippen molar-refractivity contribution in [3.8, 4) is 5.75 Å². The lowest BCUT2D eigenvalue weighted by Crippen LogP contribution is -2.34. The highest BCUT2D eigenvalue weighted by Crippen LogP contribution is 2.23. The summed E-state index contributed by atoms with van der Waals surface area (Å²) in [7, 11) is 0. The largest absolute Gasteiger partial charge is 0.492 e. The van der Waals surface area contributed by atoms with E-state index in [0.29, 0.717) is 18.7 Å². The lowest BCUT2D eigenvalue weighted by molar-refractivity contribution is 0.272. The van der Waals surface area contributed by atoms with Crippen LogP contribution in [0.1, 0.15) is 23.6 Å². The summed E-state index contributed by atoms with van der Waals surface area (Å²) in [5, 5.41) is 0. The normalized spacial score (nSPS) is 21.4. The van der Waals surface area contributed by atoms with Gasteiger partial charge in [0.15, 0.2) is 0 Å². The van der Waals surface area contributed by atoms with Crippen LogP contribution in [0.5, 0.6) is 5.75 Å². The van der Waals surface area contributed by atoms with Gasteiger partial charge in [0.2, 0.25) is 0 Å². The van der Waals surface area contributed by atoms with E-state index in [1.165, 1.54) is 11.1 Å². The number of nitrogen functional groups attached to an aromatic ring is 1. The van der Waals surface area contributed by atoms with E-state index in [-0.39, 0.29) is 0 Å². The van der Waals surface area contributed by atoms with Crippen LogP contribution in [0.15, 0.2) is 48.5 Å². The topological polar surface area (TPSA) is 59.3 Å². The maximum atomic E-state index is 5.83. The first-order chi connectivity index (χ1) is 10.2. The van der Waals surface area contributed by atoms with Gasteiger partial charge in [-0.1, -0.05) is 29.8 Å². The van der Waals surface area contributed by atoms with Crippen LogP contribution in [-0.2, 0) is 0 Å². The molecule has 1 heterocycles. The van der Waals surface area contributed by atoms with Gasteiger partial charge in [-0.2, -0.15) is 0 Å². The van der Waals surface area contributed by atoms with Gasteiger partial charge in [-0.05, 0) is 43.2 Å². The third-order valence-corrected chi connectivity index (χ3v) is 3.79. The Morgan fingerprint density at radius 3 is 2.48 bits per heavy atom. The number of ether oxygens (including phenoxy) is 1. The first-order valence-electron chi connectivity index (χ1n) is 7.26. The second kappa shape index (κ2) is 6.16. The quantitative estimate of drug-likeness (QED) is 0.755. The monoisotopic (exact) mass is 283 g/mol. The molecule has 0 aliphatic carbocycles. The molecular weight excluding hydrogens is 262 g/mol. The molecule has 1 aliphatic rings. The molecule has 2 unspecified atom stereocenters. The van der Waals surface area contributed by atoms with E-state index < -0.39 is 0 Å². The smallest absolute Gasteiger partial charge is 0.119 e. The third kappa shape index (κ3) is 3.54. The summed E-state index contributed by atoms with van der Waals surface area (Å²) >= 11 is 0. The molecule has 21 heavy (non-hydrogen) atoms. The summed E-state index contributed by atoms with van der Waals surface area (Å²) in [6.45, 7) is 2.73. The van der Waals surface area contributed by atoms with Crippen molar-refractivity contribution < 1.29 is 4.74 Å². The number of benzene rings is 2. The van der Waals surface area contributed by atoms with Gasteiger partial charge in [0, 0.05) is 11.7 Å². The van der Waals surface area contributed by atoms with Crippen LogP contribution in [0.2, 0.25) is 0 Å². The molecule has 110 valence electrons. The van der Waals surface area contributed by atoms with Crippen LogP contribution in [0.4, 0.5) is 5.69 Å². The molecule has 1 aliphatic heterocycles. The Kier molecular flexibility index (Phi) is 4.08. The minimum Gasteiger partial charge on any atom is -0.492 e. The SMILES string of the molecule is Cc1ccc(OCC2CC(c3ccc(N)cc3)NN2)cc1. The molecular formula is C17H21N3O. The lowest BCUT2D eigenvalue weighted by Gasteiger charge is -2.12. The fourth-order valence-corrected chi connectivity index (χ4v) is 2.51. The Bertz CT molecular complexity index is 580. The molecule has 4 nitrogen and oxygen atoms in total. The summed E-state index contributed by atoms with van der Waals surface area (Å²) in [5.74, 6) is 0.915. The first kappa shape index (κ1) is 13.9. The van der Waals surface area contributed by atoms with Crippen molar-refractivity contribution in [2.75, 3.05) is 12.3 Å². The third-order valence-electron chi connectivity index (χ3n) is 3.79. The number of hydrogen-bond acceptors (Lipinski definition) is 4. The van der Waals surface area contributed by atoms with Gasteiger partial charge in [-0.25, -0.2) is 5.43 Å². The molecule has 2 atom stereocenters. The minimum absolute atomic E-state index is 0.300. The Hall–Kier alpha value is -2.04. The van der Waals surface area contributed by atoms with E-state index in [2.05, 4.69) is 42.0 Å². The van der Waals surface area contributed by atoms with Crippen molar-refractivity contribution in [2.45, 2.75) is 25.4 Å². The van der Waals surface area contributed by atoms with Crippen molar-refractivity contribution in [1.82, 2.24) is 10.9 Å². The van der Waals surface area contributed by atoms with Crippen LogP contribution in [-0.4, -0.2) is 12.6 Å². The Morgan fingerprint density at radius 1 is 1.05 bits per heavy atom. The summed E-state index contributed by atoms with van der Waals surface area (Å²) in [6, 6.07) is 16.8. The van der Waals surface area contributed by atoms with E-state index in [0.717, 1.165) is 17.9 Å². The van der Waals surface area contributed by atoms with Crippen LogP contribution in [0, 0.1) is 6.92 Å². The number of anilines is 1. The lowest BCUT2D eigenvalue weighted by atomic mass is 10.0. The molecule has 2 aromatic rings. The zero-order valence-corrected chi connectivity index (χ0v) is 12.2. The predicted molar refractivity (Wildman–Crippen MR) is 84.9 cm³/mol. The van der Waals surface area contributed by atoms with Crippen molar-refractivity contribution >= 4 is 5.69 Å². The molecule has 4 heteroatoms. The first-order valence-corrected chi connectivity index (χ1v) is 7.26. The average molecular weight is 283 g/mol. The van der Waals surface area contributed by atoms with Crippen molar-refractivity contribution in [2.24, 2.45) is 0 Å². The summed E-state index contributed by atoms with van der Waals surface area (Å²) in [6.07, 6.45) is 0.996. The summed E-state index contributed by atoms with van der Waals surface area (Å²) in [4.78, 5) is 0. The van der Waals surface area contributed by atoms with Crippen molar-refractivity contribution in [1.29, 1.82) is 0 Å². The highest BCUT2D eigenvalue weighted by molar-refractivity contribution is 5.40. The van der Waals surface area contributed by atoms with Crippen LogP contribution >= 0.6 is 0 Å². The molecule has 0 amide bonds. The van der Waals surface area contributed by atoms with Crippen molar-refractivity contribution in [3.05, 3.63) is 59.7 Å². The minimum atomic E-state index is 0.300. The Labute approximate surface area is 125 Å². The molecule has 4 N–H and O–H groups in total. The van der Waals surface area contributed by atoms with Gasteiger partial charge in [0.25, 0.3) is 0 Å². The number of nitrogens with two attached hydrogens (primary N) is 1. The molecule has 0 radical (unpaired) electrons. The molecule has 2 aromatic carbocycles. The van der Waals surface area contributed by atoms with Crippen LogP contribution < -0.4 is 21.3 Å². The van der Waals surface area contributed by atoms with Gasteiger partial charge in [0.1, 0.15) is 12.4 Å². The van der Waals surface area contributed by atoms with E-state index >= 15 is 0 Å². The second-order valence-corrected chi connectivity index (χ2v) is 5.56. The number of nitrogens with one attached hydrogen (secondary N) is 2. The zero-order valence-electron chi connectivity index (χ0n) is 12.2. The van der Waals surface area contributed by atoms with E-state index in [1.807, 2.05) is 24.3 Å². The standard InChI is InChI=1S/C17H21N3O/c1-12-2-8-16(9-3-12)21-11-15-10-17(20-19-15)13-4-6-14(18)7-5-13/h2-9,15,17,19-20H,10-11,18H2,1H3. The van der Waals surface area contributed by atoms with E-state index in [1.54, 1.807) is 0 Å². The van der Waals surface area contributed by atoms with Crippen molar-refractivity contribution in [3.63, 3.8) is 0 Å². The fourth-order valence-electron chi connectivity index (χ4n) is 2.51. The predicted octanol–water partition coefficient (Wildman–Crippen LogP) is 2.56. The summed E-state index contributed by atoms with van der Waals surface area (Å²) < 4.78 is 5.83. The zero-order chi connectivity index (χ0) is 14.7. The molecule has 0 aromatic heterocycles. The Balaban J connectivity index is 1.52. The molecule has 0 spiro atoms. The van der Waals surface area contributed by atoms with Gasteiger partial charge in [0.05, 0.1) is 6.04 Å². The molecule has 0 saturated carbocycles. The fraction of sp³-hybridized carbons (Fsp3) is 0.294. The van der Waals surface area contributed by atoms with E-state index in [9.17, 15) is 0 Å². The number of hydrogen-bond donors (Lipinski definition) is 3. The maximum absolute atomic E-state index is 5.83. The highest BCUT2D eigenvalue weighted by Gasteiger charge is 2.25. The molecule has 0 bridgehead atoms. The van der Waals surface area contributed by atoms with Crippen LogP contribution in [0.3, 0.4) is 0 Å². The average Bonchev–Trinajstić information content (AvgIpc) is 2.96. The Morgan fingerprint density at radius 2 is 1.76 bits per heavy atom. The van der Waals surface area contributed by atoms with Gasteiger partial charge in [-0.3, -0.25) is 5.43 Å². The molecule has 1 saturated heterocycles. The number of hydrazine groups is 1. The number of rotatable bonds is 4. The molecule has 3 rings (SSSR count). The highest BCUT2D eigenvalue weighted by atomic mass is 16.5. The second-order valence-electron chi connectivity index (χ2n) is 5.56. The summed E-state index contributed by atoms with van der Waals surface area (Å²) in [5.41, 5.74) is 15.6. The van der Waals surface area contributed by atoms with Gasteiger partial charge < -0.3 is 10.5 Å².